The standard InChI is InChI=1S/C24H31N7O5/c1-15(2)22-18(35-13-16-9-29(10-16)23(34)36-24(3,4)5)8-21(33)31(28-22)12-20(32)26-17-6-7-19-27-25-14-30(19)11-17/h6-8,11,14-16H,9-10,12-13H2,1-5H3,(H,26,32). The van der Waals surface area contributed by atoms with Gasteiger partial charge in [0.2, 0.25) is 5.91 Å². The molecule has 1 saturated heterocycles. The second-order valence-corrected chi connectivity index (χ2v) is 10.2. The Hall–Kier alpha value is -3.96. The van der Waals surface area contributed by atoms with E-state index >= 15 is 0 Å². The summed E-state index contributed by atoms with van der Waals surface area (Å²) in [5.74, 6) is 0.0945. The van der Waals surface area contributed by atoms with Gasteiger partial charge in [0.1, 0.15) is 29.9 Å². The van der Waals surface area contributed by atoms with Crippen LogP contribution in [-0.2, 0) is 16.1 Å². The number of aromatic nitrogens is 5. The first-order valence-corrected chi connectivity index (χ1v) is 11.8. The Morgan fingerprint density at radius 1 is 1.22 bits per heavy atom. The minimum atomic E-state index is -0.539. The van der Waals surface area contributed by atoms with E-state index in [2.05, 4.69) is 20.6 Å². The number of ether oxygens (including phenoxy) is 2. The van der Waals surface area contributed by atoms with E-state index in [1.807, 2.05) is 34.6 Å². The van der Waals surface area contributed by atoms with Crippen LogP contribution in [0.25, 0.3) is 5.65 Å². The van der Waals surface area contributed by atoms with Crippen molar-refractivity contribution in [3.05, 3.63) is 46.8 Å². The highest BCUT2D eigenvalue weighted by atomic mass is 16.6. The predicted octanol–water partition coefficient (Wildman–Crippen LogP) is 2.29. The van der Waals surface area contributed by atoms with E-state index in [0.29, 0.717) is 42.5 Å². The molecular formula is C24H31N7O5. The molecule has 0 aliphatic carbocycles. The molecule has 1 fully saturated rings. The summed E-state index contributed by atoms with van der Waals surface area (Å²) in [5.41, 5.74) is 0.801. The van der Waals surface area contributed by atoms with Gasteiger partial charge >= 0.3 is 6.09 Å². The van der Waals surface area contributed by atoms with Gasteiger partial charge in [-0.15, -0.1) is 10.2 Å². The van der Waals surface area contributed by atoms with Gasteiger partial charge in [0.15, 0.2) is 5.65 Å². The third-order valence-electron chi connectivity index (χ3n) is 5.49. The number of fused-ring (bicyclic) bond motifs is 1. The minimum absolute atomic E-state index is 0.0364. The SMILES string of the molecule is CC(C)c1nn(CC(=O)Nc2ccc3nncn3c2)c(=O)cc1OCC1CN(C(=O)OC(C)(C)C)C1. The van der Waals surface area contributed by atoms with Gasteiger partial charge in [-0.25, -0.2) is 9.48 Å². The van der Waals surface area contributed by atoms with E-state index in [9.17, 15) is 14.4 Å². The van der Waals surface area contributed by atoms with Gasteiger partial charge in [0.05, 0.1) is 12.3 Å². The van der Waals surface area contributed by atoms with Gasteiger partial charge in [0.25, 0.3) is 5.56 Å². The molecular weight excluding hydrogens is 466 g/mol. The lowest BCUT2D eigenvalue weighted by atomic mass is 10.0. The van der Waals surface area contributed by atoms with Gasteiger partial charge in [0, 0.05) is 37.2 Å². The molecule has 12 heteroatoms. The van der Waals surface area contributed by atoms with Gasteiger partial charge in [-0.3, -0.25) is 14.0 Å². The lowest BCUT2D eigenvalue weighted by Gasteiger charge is -2.39. The normalized spacial score (nSPS) is 14.1. The molecule has 0 saturated carbocycles. The van der Waals surface area contributed by atoms with Gasteiger partial charge < -0.3 is 19.7 Å². The Morgan fingerprint density at radius 3 is 2.67 bits per heavy atom. The van der Waals surface area contributed by atoms with E-state index in [4.69, 9.17) is 9.47 Å². The quantitative estimate of drug-likeness (QED) is 0.526. The monoisotopic (exact) mass is 497 g/mol. The number of nitrogens with zero attached hydrogens (tertiary/aromatic N) is 6. The number of pyridine rings is 1. The molecule has 192 valence electrons. The number of hydrogen-bond donors (Lipinski definition) is 1. The smallest absolute Gasteiger partial charge is 0.410 e. The van der Waals surface area contributed by atoms with Crippen LogP contribution in [-0.4, -0.2) is 66.6 Å². The zero-order valence-electron chi connectivity index (χ0n) is 21.1. The number of nitrogens with one attached hydrogen (secondary N) is 1. The molecule has 2 amide bonds. The molecule has 4 rings (SSSR count). The molecule has 1 aliphatic rings. The molecule has 1 aliphatic heterocycles. The van der Waals surface area contributed by atoms with E-state index in [0.717, 1.165) is 4.68 Å². The zero-order valence-corrected chi connectivity index (χ0v) is 21.1. The van der Waals surface area contributed by atoms with Crippen LogP contribution in [0.3, 0.4) is 0 Å². The van der Waals surface area contributed by atoms with Crippen molar-refractivity contribution in [2.75, 3.05) is 25.0 Å². The lowest BCUT2D eigenvalue weighted by Crippen LogP contribution is -2.53. The Bertz CT molecular complexity index is 1320. The lowest BCUT2D eigenvalue weighted by molar-refractivity contribution is -0.117. The highest BCUT2D eigenvalue weighted by Crippen LogP contribution is 2.25. The fraction of sp³-hybridized carbons (Fsp3) is 0.500. The van der Waals surface area contributed by atoms with Crippen LogP contribution in [0.15, 0.2) is 35.5 Å². The number of likely N-dealkylation sites (tertiary alicyclic amines) is 1. The van der Waals surface area contributed by atoms with E-state index in [-0.39, 0.29) is 24.5 Å². The maximum absolute atomic E-state index is 12.7. The summed E-state index contributed by atoms with van der Waals surface area (Å²) in [6.45, 7) is 10.5. The van der Waals surface area contributed by atoms with Crippen LogP contribution in [0.4, 0.5) is 10.5 Å². The fourth-order valence-corrected chi connectivity index (χ4v) is 3.71. The molecule has 4 heterocycles. The molecule has 0 atom stereocenters. The average Bonchev–Trinajstić information content (AvgIpc) is 3.20. The fourth-order valence-electron chi connectivity index (χ4n) is 3.71. The first-order chi connectivity index (χ1) is 17.0. The number of amides is 2. The first kappa shape index (κ1) is 25.1. The largest absolute Gasteiger partial charge is 0.491 e. The maximum atomic E-state index is 12.7. The Morgan fingerprint density at radius 2 is 1.97 bits per heavy atom. The van der Waals surface area contributed by atoms with Crippen molar-refractivity contribution >= 4 is 23.3 Å². The van der Waals surface area contributed by atoms with Crippen molar-refractivity contribution in [2.45, 2.75) is 52.7 Å². The predicted molar refractivity (Wildman–Crippen MR) is 131 cm³/mol. The van der Waals surface area contributed by atoms with Gasteiger partial charge in [-0.05, 0) is 32.9 Å². The summed E-state index contributed by atoms with van der Waals surface area (Å²) in [6.07, 6.45) is 2.87. The number of carbonyl (C=O) groups is 2. The van der Waals surface area contributed by atoms with Crippen LogP contribution >= 0.6 is 0 Å². The molecule has 3 aromatic heterocycles. The number of rotatable bonds is 7. The van der Waals surface area contributed by atoms with Crippen molar-refractivity contribution in [2.24, 2.45) is 5.92 Å². The molecule has 0 aromatic carbocycles. The molecule has 1 N–H and O–H groups in total. The van der Waals surface area contributed by atoms with Crippen molar-refractivity contribution in [1.82, 2.24) is 29.3 Å². The first-order valence-electron chi connectivity index (χ1n) is 11.8. The molecule has 0 radical (unpaired) electrons. The van der Waals surface area contributed by atoms with E-state index < -0.39 is 17.1 Å². The van der Waals surface area contributed by atoms with Crippen molar-refractivity contribution in [1.29, 1.82) is 0 Å². The summed E-state index contributed by atoms with van der Waals surface area (Å²) in [6, 6.07) is 4.80. The number of anilines is 1. The summed E-state index contributed by atoms with van der Waals surface area (Å²) in [4.78, 5) is 39.0. The van der Waals surface area contributed by atoms with E-state index in [1.54, 1.807) is 27.6 Å². The third kappa shape index (κ3) is 5.99. The average molecular weight is 498 g/mol. The second kappa shape index (κ2) is 9.96. The molecule has 0 unspecified atom stereocenters. The zero-order chi connectivity index (χ0) is 26.0. The van der Waals surface area contributed by atoms with Crippen LogP contribution in [0.2, 0.25) is 0 Å². The Labute approximate surface area is 208 Å². The van der Waals surface area contributed by atoms with Crippen molar-refractivity contribution < 1.29 is 19.1 Å². The number of hydrogen-bond acceptors (Lipinski definition) is 8. The van der Waals surface area contributed by atoms with Gasteiger partial charge in [-0.2, -0.15) is 5.10 Å². The third-order valence-corrected chi connectivity index (χ3v) is 5.49. The molecule has 0 bridgehead atoms. The summed E-state index contributed by atoms with van der Waals surface area (Å²) >= 11 is 0. The van der Waals surface area contributed by atoms with Crippen LogP contribution in [0, 0.1) is 5.92 Å². The van der Waals surface area contributed by atoms with Crippen molar-refractivity contribution in [3.8, 4) is 5.75 Å². The molecule has 36 heavy (non-hydrogen) atoms. The molecule has 0 spiro atoms. The topological polar surface area (TPSA) is 133 Å². The van der Waals surface area contributed by atoms with Gasteiger partial charge in [-0.1, -0.05) is 13.8 Å². The summed E-state index contributed by atoms with van der Waals surface area (Å²) < 4.78 is 14.1. The van der Waals surface area contributed by atoms with Crippen molar-refractivity contribution in [3.63, 3.8) is 0 Å². The summed E-state index contributed by atoms with van der Waals surface area (Å²) in [5, 5.41) is 14.9. The van der Waals surface area contributed by atoms with Crippen LogP contribution < -0.4 is 15.6 Å². The highest BCUT2D eigenvalue weighted by molar-refractivity contribution is 5.90. The van der Waals surface area contributed by atoms with Crippen LogP contribution in [0.1, 0.15) is 46.2 Å². The molecule has 12 nitrogen and oxygen atoms in total. The second-order valence-electron chi connectivity index (χ2n) is 10.2. The van der Waals surface area contributed by atoms with E-state index in [1.165, 1.54) is 12.4 Å². The maximum Gasteiger partial charge on any atom is 0.410 e. The molecule has 3 aromatic rings. The summed E-state index contributed by atoms with van der Waals surface area (Å²) in [7, 11) is 0. The Kier molecular flexibility index (Phi) is 6.95. The number of carbonyl (C=O) groups excluding carboxylic acids is 2. The Balaban J connectivity index is 1.36. The van der Waals surface area contributed by atoms with Crippen LogP contribution in [0.5, 0.6) is 5.75 Å². The minimum Gasteiger partial charge on any atom is -0.491 e. The highest BCUT2D eigenvalue weighted by Gasteiger charge is 2.34.